The van der Waals surface area contributed by atoms with Crippen LogP contribution in [0.5, 0.6) is 0 Å². The fourth-order valence-corrected chi connectivity index (χ4v) is 4.04. The minimum absolute atomic E-state index is 0.0298. The van der Waals surface area contributed by atoms with Crippen LogP contribution in [0.15, 0.2) is 24.3 Å². The lowest BCUT2D eigenvalue weighted by Gasteiger charge is -2.26. The largest absolute Gasteiger partial charge is 0.352 e. The molecule has 1 aliphatic heterocycles. The molecule has 0 aliphatic carbocycles. The van der Waals surface area contributed by atoms with E-state index in [1.165, 1.54) is 12.5 Å². The number of nitrogens with zero attached hydrogens (tertiary/aromatic N) is 1. The molecule has 8 heteroatoms. The molecule has 0 bridgehead atoms. The third-order valence-corrected chi connectivity index (χ3v) is 5.70. The fourth-order valence-electron chi connectivity index (χ4n) is 2.91. The highest BCUT2D eigenvalue weighted by atomic mass is 32.2. The van der Waals surface area contributed by atoms with Crippen LogP contribution in [0.3, 0.4) is 0 Å². The van der Waals surface area contributed by atoms with Crippen molar-refractivity contribution in [3.63, 3.8) is 0 Å². The molecule has 1 aliphatic rings. The first-order chi connectivity index (χ1) is 12.4. The number of carbonyl (C=O) groups is 2. The van der Waals surface area contributed by atoms with Crippen LogP contribution in [-0.2, 0) is 14.8 Å². The molecule has 144 valence electrons. The summed E-state index contributed by atoms with van der Waals surface area (Å²) in [6, 6.07) is 6.33. The van der Waals surface area contributed by atoms with Crippen LogP contribution in [0, 0.1) is 0 Å². The van der Waals surface area contributed by atoms with Crippen molar-refractivity contribution < 1.29 is 18.0 Å². The van der Waals surface area contributed by atoms with E-state index >= 15 is 0 Å². The molecule has 0 atom stereocenters. The molecule has 1 heterocycles. The Bertz CT molecular complexity index is 728. The predicted octanol–water partition coefficient (Wildman–Crippen LogP) is 1.97. The smallest absolute Gasteiger partial charge is 0.251 e. The number of anilines is 1. The third-order valence-electron chi connectivity index (χ3n) is 4.20. The number of likely N-dealkylation sites (tertiary alicyclic amines) is 1. The standard InChI is InChI=1S/C18H27N3O4S/c1-2-13-26(24,25)20-16-8-6-7-15(14-16)18(23)19-10-9-17(22)21-11-4-3-5-12-21/h6-8,14,20H,2-5,9-13H2,1H3,(H,19,23). The number of nitrogens with one attached hydrogen (secondary N) is 2. The van der Waals surface area contributed by atoms with E-state index < -0.39 is 10.0 Å². The van der Waals surface area contributed by atoms with Crippen molar-refractivity contribution in [3.8, 4) is 0 Å². The zero-order valence-corrected chi connectivity index (χ0v) is 16.0. The summed E-state index contributed by atoms with van der Waals surface area (Å²) < 4.78 is 26.1. The van der Waals surface area contributed by atoms with Gasteiger partial charge in [0.2, 0.25) is 15.9 Å². The molecule has 0 unspecified atom stereocenters. The number of hydrogen-bond acceptors (Lipinski definition) is 4. The molecule has 2 rings (SSSR count). The topological polar surface area (TPSA) is 95.6 Å². The van der Waals surface area contributed by atoms with E-state index in [9.17, 15) is 18.0 Å². The van der Waals surface area contributed by atoms with Gasteiger partial charge in [0.25, 0.3) is 5.91 Å². The molecule has 0 aromatic heterocycles. The zero-order valence-electron chi connectivity index (χ0n) is 15.2. The summed E-state index contributed by atoms with van der Waals surface area (Å²) in [5, 5.41) is 2.72. The Labute approximate surface area is 155 Å². The van der Waals surface area contributed by atoms with Gasteiger partial charge in [-0.2, -0.15) is 0 Å². The van der Waals surface area contributed by atoms with E-state index in [1.54, 1.807) is 25.1 Å². The Morgan fingerprint density at radius 1 is 1.15 bits per heavy atom. The maximum atomic E-state index is 12.2. The van der Waals surface area contributed by atoms with Gasteiger partial charge in [-0.25, -0.2) is 8.42 Å². The van der Waals surface area contributed by atoms with Crippen molar-refractivity contribution in [2.24, 2.45) is 0 Å². The number of amides is 2. The van der Waals surface area contributed by atoms with Gasteiger partial charge in [-0.1, -0.05) is 13.0 Å². The number of piperidine rings is 1. The number of rotatable bonds is 8. The second-order valence-electron chi connectivity index (χ2n) is 6.45. The number of sulfonamides is 1. The van der Waals surface area contributed by atoms with Crippen LogP contribution in [0.2, 0.25) is 0 Å². The van der Waals surface area contributed by atoms with E-state index in [-0.39, 0.29) is 30.5 Å². The van der Waals surface area contributed by atoms with Gasteiger partial charge in [-0.05, 0) is 43.9 Å². The summed E-state index contributed by atoms with van der Waals surface area (Å²) in [7, 11) is -3.40. The lowest BCUT2D eigenvalue weighted by molar-refractivity contribution is -0.131. The first-order valence-corrected chi connectivity index (χ1v) is 10.7. The minimum atomic E-state index is -3.40. The minimum Gasteiger partial charge on any atom is -0.352 e. The fraction of sp³-hybridized carbons (Fsp3) is 0.556. The molecule has 1 aromatic rings. The average Bonchev–Trinajstić information content (AvgIpc) is 2.62. The van der Waals surface area contributed by atoms with Crippen molar-refractivity contribution in [1.82, 2.24) is 10.2 Å². The highest BCUT2D eigenvalue weighted by molar-refractivity contribution is 7.92. The summed E-state index contributed by atoms with van der Waals surface area (Å²) in [5.41, 5.74) is 0.711. The molecule has 1 fully saturated rings. The molecule has 1 saturated heterocycles. The summed E-state index contributed by atoms with van der Waals surface area (Å²) in [6.45, 7) is 3.65. The number of benzene rings is 1. The van der Waals surface area contributed by atoms with Gasteiger partial charge in [-0.3, -0.25) is 14.3 Å². The van der Waals surface area contributed by atoms with Crippen LogP contribution < -0.4 is 10.0 Å². The van der Waals surface area contributed by atoms with Crippen molar-refractivity contribution in [2.45, 2.75) is 39.0 Å². The van der Waals surface area contributed by atoms with Gasteiger partial charge >= 0.3 is 0 Å². The average molecular weight is 381 g/mol. The predicted molar refractivity (Wildman–Crippen MR) is 102 cm³/mol. The maximum Gasteiger partial charge on any atom is 0.251 e. The highest BCUT2D eigenvalue weighted by Gasteiger charge is 2.16. The number of hydrogen-bond donors (Lipinski definition) is 2. The molecule has 0 saturated carbocycles. The Morgan fingerprint density at radius 3 is 2.58 bits per heavy atom. The van der Waals surface area contributed by atoms with Gasteiger partial charge in [0.05, 0.1) is 5.75 Å². The summed E-state index contributed by atoms with van der Waals surface area (Å²) >= 11 is 0. The van der Waals surface area contributed by atoms with E-state index in [1.807, 2.05) is 4.90 Å². The van der Waals surface area contributed by atoms with Crippen molar-refractivity contribution in [1.29, 1.82) is 0 Å². The van der Waals surface area contributed by atoms with Crippen molar-refractivity contribution >= 4 is 27.5 Å². The molecule has 0 spiro atoms. The summed E-state index contributed by atoms with van der Waals surface area (Å²) in [4.78, 5) is 26.2. The molecule has 0 radical (unpaired) electrons. The molecule has 7 nitrogen and oxygen atoms in total. The molecule has 1 aromatic carbocycles. The van der Waals surface area contributed by atoms with Crippen LogP contribution >= 0.6 is 0 Å². The highest BCUT2D eigenvalue weighted by Crippen LogP contribution is 2.13. The first-order valence-electron chi connectivity index (χ1n) is 9.08. The van der Waals surface area contributed by atoms with E-state index in [2.05, 4.69) is 10.0 Å². The Kier molecular flexibility index (Phi) is 7.44. The lowest BCUT2D eigenvalue weighted by Crippen LogP contribution is -2.37. The van der Waals surface area contributed by atoms with Crippen molar-refractivity contribution in [3.05, 3.63) is 29.8 Å². The normalized spacial score (nSPS) is 14.7. The van der Waals surface area contributed by atoms with Crippen LogP contribution in [0.4, 0.5) is 5.69 Å². The monoisotopic (exact) mass is 381 g/mol. The first kappa shape index (κ1) is 20.2. The number of carbonyl (C=O) groups excluding carboxylic acids is 2. The maximum absolute atomic E-state index is 12.2. The van der Waals surface area contributed by atoms with Gasteiger partial charge in [0.1, 0.15) is 0 Å². The van der Waals surface area contributed by atoms with Gasteiger partial charge in [-0.15, -0.1) is 0 Å². The Balaban J connectivity index is 1.85. The van der Waals surface area contributed by atoms with E-state index in [0.29, 0.717) is 17.7 Å². The lowest BCUT2D eigenvalue weighted by atomic mass is 10.1. The molecule has 2 N–H and O–H groups in total. The van der Waals surface area contributed by atoms with E-state index in [4.69, 9.17) is 0 Å². The third kappa shape index (κ3) is 6.33. The summed E-state index contributed by atoms with van der Waals surface area (Å²) in [5.74, 6) is -0.235. The van der Waals surface area contributed by atoms with Crippen molar-refractivity contribution in [2.75, 3.05) is 30.1 Å². The molecular weight excluding hydrogens is 354 g/mol. The van der Waals surface area contributed by atoms with Crippen LogP contribution in [0.1, 0.15) is 49.4 Å². The van der Waals surface area contributed by atoms with Gasteiger partial charge in [0, 0.05) is 37.3 Å². The van der Waals surface area contributed by atoms with Gasteiger partial charge in [0.15, 0.2) is 0 Å². The second-order valence-corrected chi connectivity index (χ2v) is 8.29. The molecule has 26 heavy (non-hydrogen) atoms. The second kappa shape index (κ2) is 9.56. The van der Waals surface area contributed by atoms with Crippen LogP contribution in [-0.4, -0.2) is 50.5 Å². The Morgan fingerprint density at radius 2 is 1.88 bits per heavy atom. The van der Waals surface area contributed by atoms with Gasteiger partial charge < -0.3 is 10.2 Å². The van der Waals surface area contributed by atoms with E-state index in [0.717, 1.165) is 25.9 Å². The quantitative estimate of drug-likeness (QED) is 0.720. The molecular formula is C18H27N3O4S. The summed E-state index contributed by atoms with van der Waals surface area (Å²) in [6.07, 6.45) is 4.03. The Hall–Kier alpha value is -2.09. The van der Waals surface area contributed by atoms with Crippen LogP contribution in [0.25, 0.3) is 0 Å². The molecule has 2 amide bonds. The zero-order chi connectivity index (χ0) is 19.0. The SMILES string of the molecule is CCCS(=O)(=O)Nc1cccc(C(=O)NCCC(=O)N2CCCCC2)c1.